The Bertz CT molecular complexity index is 1170. The Morgan fingerprint density at radius 1 is 0.941 bits per heavy atom. The predicted molar refractivity (Wildman–Crippen MR) is 134 cm³/mol. The van der Waals surface area contributed by atoms with E-state index in [1.807, 2.05) is 67.0 Å². The van der Waals surface area contributed by atoms with E-state index in [0.29, 0.717) is 12.0 Å². The molecule has 7 nitrogen and oxygen atoms in total. The largest absolute Gasteiger partial charge is 0.457 e. The number of rotatable bonds is 5. The molecule has 0 aromatic heterocycles. The van der Waals surface area contributed by atoms with E-state index in [1.54, 1.807) is 6.20 Å². The molecule has 3 aliphatic heterocycles. The number of piperazine rings is 1. The van der Waals surface area contributed by atoms with Crippen molar-refractivity contribution in [3.63, 3.8) is 0 Å². The average molecular weight is 456 g/mol. The molecule has 0 radical (unpaired) electrons. The van der Waals surface area contributed by atoms with Crippen LogP contribution >= 0.6 is 0 Å². The summed E-state index contributed by atoms with van der Waals surface area (Å²) in [6.07, 6.45) is 7.86. The van der Waals surface area contributed by atoms with Crippen molar-refractivity contribution in [3.05, 3.63) is 84.0 Å². The smallest absolute Gasteiger partial charge is 0.264 e. The number of amidine groups is 1. The van der Waals surface area contributed by atoms with Crippen LogP contribution in [0, 0.1) is 5.92 Å². The molecule has 3 heterocycles. The zero-order chi connectivity index (χ0) is 23.1. The summed E-state index contributed by atoms with van der Waals surface area (Å²) in [6.45, 7) is 4.63. The minimum absolute atomic E-state index is 0.0768. The predicted octanol–water partition coefficient (Wildman–Crippen LogP) is 3.72. The van der Waals surface area contributed by atoms with E-state index in [1.165, 1.54) is 0 Å². The van der Waals surface area contributed by atoms with E-state index in [-0.39, 0.29) is 4.59 Å². The average Bonchev–Trinajstić information content (AvgIpc) is 3.13. The lowest BCUT2D eigenvalue weighted by Gasteiger charge is -2.45. The Morgan fingerprint density at radius 2 is 1.65 bits per heavy atom. The van der Waals surface area contributed by atoms with Crippen molar-refractivity contribution in [1.29, 1.82) is 0 Å². The number of hydrogen-bond donors (Lipinski definition) is 1. The summed E-state index contributed by atoms with van der Waals surface area (Å²) in [5.41, 5.74) is 3.08. The van der Waals surface area contributed by atoms with Gasteiger partial charge in [0.2, 0.25) is 5.70 Å². The number of benzene rings is 2. The van der Waals surface area contributed by atoms with Crippen molar-refractivity contribution in [2.45, 2.75) is 18.9 Å². The first-order valence-electron chi connectivity index (χ1n) is 12.1. The lowest BCUT2D eigenvalue weighted by Crippen LogP contribution is -2.54. The van der Waals surface area contributed by atoms with Crippen LogP contribution in [0.4, 0.5) is 0 Å². The highest BCUT2D eigenvalue weighted by molar-refractivity contribution is 6.00. The van der Waals surface area contributed by atoms with Crippen LogP contribution in [0.2, 0.25) is 0 Å². The van der Waals surface area contributed by atoms with Crippen LogP contribution < -0.4 is 10.6 Å². The van der Waals surface area contributed by atoms with Crippen LogP contribution in [-0.2, 0) is 0 Å². The maximum atomic E-state index is 6.93. The summed E-state index contributed by atoms with van der Waals surface area (Å²) in [4.78, 5) is 14.6. The van der Waals surface area contributed by atoms with Crippen LogP contribution in [0.5, 0.6) is 11.5 Å². The highest BCUT2D eigenvalue weighted by Gasteiger charge is 2.48. The maximum Gasteiger partial charge on any atom is 0.264 e. The lowest BCUT2D eigenvalue weighted by molar-refractivity contribution is -0.750. The minimum atomic E-state index is 0.0768. The number of quaternary nitrogens is 1. The zero-order valence-corrected chi connectivity index (χ0v) is 19.5. The van der Waals surface area contributed by atoms with Gasteiger partial charge in [-0.05, 0) is 56.3 Å². The monoisotopic (exact) mass is 455 g/mol. The topological polar surface area (TPSA) is 66.5 Å². The summed E-state index contributed by atoms with van der Waals surface area (Å²) in [5, 5.41) is 0. The molecular weight excluding hydrogens is 424 g/mol. The molecule has 1 unspecified atom stereocenters. The van der Waals surface area contributed by atoms with Gasteiger partial charge in [0, 0.05) is 38.1 Å². The van der Waals surface area contributed by atoms with E-state index < -0.39 is 0 Å². The summed E-state index contributed by atoms with van der Waals surface area (Å²) in [5.74, 6) is 9.79. The van der Waals surface area contributed by atoms with Crippen LogP contribution in [-0.4, -0.2) is 65.7 Å². The third-order valence-corrected chi connectivity index (χ3v) is 7.47. The van der Waals surface area contributed by atoms with Crippen molar-refractivity contribution in [2.24, 2.45) is 21.7 Å². The highest BCUT2D eigenvalue weighted by atomic mass is 16.5. The summed E-state index contributed by atoms with van der Waals surface area (Å²) >= 11 is 0. The van der Waals surface area contributed by atoms with Crippen molar-refractivity contribution in [3.8, 4) is 11.5 Å². The molecule has 2 fully saturated rings. The van der Waals surface area contributed by atoms with Gasteiger partial charge in [0.05, 0.1) is 18.0 Å². The number of aliphatic imine (C=N–C) groups is 2. The number of fused-ring (bicyclic) bond motifs is 1. The van der Waals surface area contributed by atoms with Gasteiger partial charge >= 0.3 is 0 Å². The second-order valence-electron chi connectivity index (χ2n) is 9.66. The molecule has 1 saturated heterocycles. The van der Waals surface area contributed by atoms with Gasteiger partial charge in [-0.3, -0.25) is 9.89 Å². The minimum Gasteiger partial charge on any atom is -0.457 e. The second-order valence-corrected chi connectivity index (χ2v) is 9.66. The highest BCUT2D eigenvalue weighted by Crippen LogP contribution is 2.44. The molecule has 1 aliphatic carbocycles. The molecule has 0 spiro atoms. The second kappa shape index (κ2) is 8.60. The van der Waals surface area contributed by atoms with Gasteiger partial charge in [0.1, 0.15) is 23.4 Å². The number of nitrogens with zero attached hydrogens (tertiary/aromatic N) is 5. The third kappa shape index (κ3) is 3.80. The number of para-hydroxylation sites is 1. The molecule has 0 bridgehead atoms. The summed E-state index contributed by atoms with van der Waals surface area (Å²) in [6, 6.07) is 18.5. The zero-order valence-electron chi connectivity index (χ0n) is 19.5. The first kappa shape index (κ1) is 21.4. The van der Waals surface area contributed by atoms with Crippen LogP contribution in [0.1, 0.15) is 18.4 Å². The molecule has 0 amide bonds. The number of allylic oxidation sites excluding steroid dienone is 2. The Kier molecular flexibility index (Phi) is 5.42. The quantitative estimate of drug-likeness (QED) is 0.551. The van der Waals surface area contributed by atoms with Crippen molar-refractivity contribution in [1.82, 2.24) is 9.80 Å². The summed E-state index contributed by atoms with van der Waals surface area (Å²) < 4.78 is 6.04. The van der Waals surface area contributed by atoms with Crippen LogP contribution in [0.15, 0.2) is 88.4 Å². The molecule has 174 valence electrons. The molecule has 6 rings (SSSR count). The van der Waals surface area contributed by atoms with Crippen LogP contribution in [0.3, 0.4) is 0 Å². The number of nitrogens with two attached hydrogens (primary N) is 1. The Morgan fingerprint density at radius 3 is 2.38 bits per heavy atom. The van der Waals surface area contributed by atoms with E-state index in [9.17, 15) is 0 Å². The van der Waals surface area contributed by atoms with E-state index in [0.717, 1.165) is 73.3 Å². The standard InChI is InChI=1S/C27H31N6O/c1-31-12-14-32(15-13-31)22-17-21(18-22)26-25-19-29-11-16-33(25,28)27(30-26)20-7-9-24(10-8-20)34-23-5-3-2-4-6-23/h2-11,16,19,21-22H,12-15,17-18,28H2,1H3/q+1. The van der Waals surface area contributed by atoms with E-state index >= 15 is 0 Å². The van der Waals surface area contributed by atoms with Gasteiger partial charge in [0.15, 0.2) is 0 Å². The van der Waals surface area contributed by atoms with E-state index in [2.05, 4.69) is 21.8 Å². The Balaban J connectivity index is 1.21. The van der Waals surface area contributed by atoms with Gasteiger partial charge in [0.25, 0.3) is 5.84 Å². The fourth-order valence-corrected chi connectivity index (χ4v) is 5.30. The van der Waals surface area contributed by atoms with Crippen molar-refractivity contribution >= 4 is 12.1 Å². The van der Waals surface area contributed by atoms with Crippen molar-refractivity contribution in [2.75, 3.05) is 33.2 Å². The first-order valence-corrected chi connectivity index (χ1v) is 12.1. The third-order valence-electron chi connectivity index (χ3n) is 7.47. The van der Waals surface area contributed by atoms with Crippen LogP contribution in [0.25, 0.3) is 0 Å². The first-order chi connectivity index (χ1) is 16.6. The fourth-order valence-electron chi connectivity index (χ4n) is 5.30. The summed E-state index contributed by atoms with van der Waals surface area (Å²) in [7, 11) is 2.21. The van der Waals surface area contributed by atoms with Crippen molar-refractivity contribution < 1.29 is 9.33 Å². The molecule has 34 heavy (non-hydrogen) atoms. The van der Waals surface area contributed by atoms with Gasteiger partial charge in [-0.25, -0.2) is 0 Å². The van der Waals surface area contributed by atoms with E-state index in [4.69, 9.17) is 15.6 Å². The molecule has 1 atom stereocenters. The molecule has 2 aromatic carbocycles. The molecule has 4 aliphatic rings. The normalized spacial score (nSPS) is 29.1. The number of hydrogen-bond acceptors (Lipinski definition) is 6. The molecular formula is C27H31N6O+. The Hall–Kier alpha value is -3.10. The maximum absolute atomic E-state index is 6.93. The molecule has 2 N–H and O–H groups in total. The van der Waals surface area contributed by atoms with Gasteiger partial charge in [-0.2, -0.15) is 10.8 Å². The molecule has 7 heteroatoms. The number of likely N-dealkylation sites (N-methyl/N-ethyl adjacent to an activating group) is 1. The van der Waals surface area contributed by atoms with Gasteiger partial charge in [-0.1, -0.05) is 18.2 Å². The SMILES string of the molecule is CN1CCN(C2CC(C3=C4C=NC=C[N+]4(N)C(c4ccc(Oc5ccccc5)cc4)=N3)C2)CC1. The van der Waals surface area contributed by atoms with Gasteiger partial charge < -0.3 is 9.64 Å². The molecule has 2 aromatic rings. The Labute approximate surface area is 200 Å². The van der Waals surface area contributed by atoms with Gasteiger partial charge in [-0.15, -0.1) is 4.59 Å². The number of ether oxygens (including phenoxy) is 1. The lowest BCUT2D eigenvalue weighted by atomic mass is 9.76. The molecule has 1 saturated carbocycles. The fraction of sp³-hybridized carbons (Fsp3) is 0.333.